The molecule has 5 nitrogen and oxygen atoms in total. The molecule has 23 heavy (non-hydrogen) atoms. The summed E-state index contributed by atoms with van der Waals surface area (Å²) in [6.07, 6.45) is 2.96. The smallest absolute Gasteiger partial charge is 0.331 e. The molecule has 0 saturated heterocycles. The van der Waals surface area contributed by atoms with E-state index in [4.69, 9.17) is 4.74 Å². The Kier molecular flexibility index (Phi) is 4.19. The van der Waals surface area contributed by atoms with Gasteiger partial charge in [0.2, 0.25) is 0 Å². The van der Waals surface area contributed by atoms with E-state index >= 15 is 0 Å². The maximum Gasteiger partial charge on any atom is 0.331 e. The van der Waals surface area contributed by atoms with E-state index < -0.39 is 5.97 Å². The summed E-state index contributed by atoms with van der Waals surface area (Å²) in [6.45, 7) is 2.36. The Bertz CT molecular complexity index is 769. The SMILES string of the molecule is CCOC(=O)C=C1C(=O)N(Cc2ccccn2)c2ccccc21. The van der Waals surface area contributed by atoms with E-state index in [1.165, 1.54) is 6.08 Å². The van der Waals surface area contributed by atoms with Gasteiger partial charge in [0.05, 0.1) is 30.1 Å². The number of amides is 1. The van der Waals surface area contributed by atoms with Gasteiger partial charge in [-0.05, 0) is 25.1 Å². The summed E-state index contributed by atoms with van der Waals surface area (Å²) in [5.74, 6) is -0.727. The fraction of sp³-hybridized carbons (Fsp3) is 0.167. The number of rotatable bonds is 4. The topological polar surface area (TPSA) is 59.5 Å². The largest absolute Gasteiger partial charge is 0.463 e. The van der Waals surface area contributed by atoms with Crippen LogP contribution in [-0.2, 0) is 20.9 Å². The molecule has 0 atom stereocenters. The third kappa shape index (κ3) is 2.99. The van der Waals surface area contributed by atoms with E-state index in [9.17, 15) is 9.59 Å². The quantitative estimate of drug-likeness (QED) is 0.643. The van der Waals surface area contributed by atoms with Crippen molar-refractivity contribution in [2.24, 2.45) is 0 Å². The van der Waals surface area contributed by atoms with Crippen LogP contribution >= 0.6 is 0 Å². The van der Waals surface area contributed by atoms with Gasteiger partial charge in [0.25, 0.3) is 5.91 Å². The predicted octanol–water partition coefficient (Wildman–Crippen LogP) is 2.57. The number of para-hydroxylation sites is 1. The van der Waals surface area contributed by atoms with Crippen LogP contribution in [0.4, 0.5) is 5.69 Å². The zero-order valence-electron chi connectivity index (χ0n) is 12.7. The highest BCUT2D eigenvalue weighted by Gasteiger charge is 2.32. The minimum atomic E-state index is -0.509. The van der Waals surface area contributed by atoms with Crippen molar-refractivity contribution in [3.63, 3.8) is 0 Å². The van der Waals surface area contributed by atoms with Crippen molar-refractivity contribution in [2.45, 2.75) is 13.5 Å². The van der Waals surface area contributed by atoms with Crippen molar-refractivity contribution < 1.29 is 14.3 Å². The molecule has 5 heteroatoms. The first kappa shape index (κ1) is 15.0. The zero-order valence-corrected chi connectivity index (χ0v) is 12.7. The first-order valence-corrected chi connectivity index (χ1v) is 7.40. The van der Waals surface area contributed by atoms with Gasteiger partial charge in [0, 0.05) is 17.8 Å². The molecule has 0 radical (unpaired) electrons. The number of hydrogen-bond acceptors (Lipinski definition) is 4. The highest BCUT2D eigenvalue weighted by atomic mass is 16.5. The van der Waals surface area contributed by atoms with Crippen LogP contribution < -0.4 is 4.90 Å². The van der Waals surface area contributed by atoms with Crippen LogP contribution in [0.2, 0.25) is 0 Å². The number of carbonyl (C=O) groups is 2. The van der Waals surface area contributed by atoms with Crippen molar-refractivity contribution in [2.75, 3.05) is 11.5 Å². The summed E-state index contributed by atoms with van der Waals surface area (Å²) in [7, 11) is 0. The highest BCUT2D eigenvalue weighted by Crippen LogP contribution is 2.37. The maximum atomic E-state index is 12.7. The number of hydrogen-bond donors (Lipinski definition) is 0. The Morgan fingerprint density at radius 1 is 1.22 bits per heavy atom. The molecular formula is C18H16N2O3. The molecule has 1 amide bonds. The second kappa shape index (κ2) is 6.44. The molecule has 2 heterocycles. The molecule has 0 bridgehead atoms. The summed E-state index contributed by atoms with van der Waals surface area (Å²) in [5.41, 5.74) is 2.66. The Hall–Kier alpha value is -2.95. The Morgan fingerprint density at radius 3 is 2.74 bits per heavy atom. The van der Waals surface area contributed by atoms with E-state index in [2.05, 4.69) is 4.98 Å². The summed E-state index contributed by atoms with van der Waals surface area (Å²) in [4.78, 5) is 30.4. The number of carbonyl (C=O) groups excluding carboxylic acids is 2. The number of anilines is 1. The molecule has 1 aliphatic heterocycles. The normalized spacial score (nSPS) is 14.9. The fourth-order valence-electron chi connectivity index (χ4n) is 2.56. The highest BCUT2D eigenvalue weighted by molar-refractivity contribution is 6.34. The van der Waals surface area contributed by atoms with E-state index in [1.54, 1.807) is 18.0 Å². The Balaban J connectivity index is 1.97. The molecule has 0 spiro atoms. The van der Waals surface area contributed by atoms with Crippen LogP contribution in [0.1, 0.15) is 18.2 Å². The van der Waals surface area contributed by atoms with Gasteiger partial charge in [0.1, 0.15) is 0 Å². The molecule has 3 rings (SSSR count). The third-order valence-electron chi connectivity index (χ3n) is 3.56. The lowest BCUT2D eigenvalue weighted by Gasteiger charge is -2.16. The van der Waals surface area contributed by atoms with E-state index in [-0.39, 0.29) is 12.5 Å². The molecular weight excluding hydrogens is 292 g/mol. The lowest BCUT2D eigenvalue weighted by Crippen LogP contribution is -2.26. The number of fused-ring (bicyclic) bond motifs is 1. The minimum absolute atomic E-state index is 0.218. The summed E-state index contributed by atoms with van der Waals surface area (Å²) >= 11 is 0. The number of nitrogens with zero attached hydrogens (tertiary/aromatic N) is 2. The average Bonchev–Trinajstić information content (AvgIpc) is 2.82. The van der Waals surface area contributed by atoms with Crippen LogP contribution in [0.25, 0.3) is 5.57 Å². The predicted molar refractivity (Wildman–Crippen MR) is 86.5 cm³/mol. The lowest BCUT2D eigenvalue weighted by atomic mass is 10.1. The summed E-state index contributed by atoms with van der Waals surface area (Å²) in [6, 6.07) is 13.0. The molecule has 1 aliphatic rings. The third-order valence-corrected chi connectivity index (χ3v) is 3.56. The molecule has 0 saturated carbocycles. The van der Waals surface area contributed by atoms with E-state index in [1.807, 2.05) is 42.5 Å². The molecule has 0 N–H and O–H groups in total. The van der Waals surface area contributed by atoms with Gasteiger partial charge >= 0.3 is 5.97 Å². The van der Waals surface area contributed by atoms with Crippen molar-refractivity contribution in [1.82, 2.24) is 4.98 Å². The second-order valence-electron chi connectivity index (χ2n) is 5.04. The number of benzene rings is 1. The number of aromatic nitrogens is 1. The van der Waals surface area contributed by atoms with Crippen LogP contribution in [0.15, 0.2) is 54.7 Å². The summed E-state index contributed by atoms with van der Waals surface area (Å²) < 4.78 is 4.92. The Morgan fingerprint density at radius 2 is 2.00 bits per heavy atom. The molecule has 0 fully saturated rings. The first-order chi connectivity index (χ1) is 11.2. The van der Waals surface area contributed by atoms with Gasteiger partial charge in [-0.3, -0.25) is 9.78 Å². The molecule has 1 aromatic heterocycles. The van der Waals surface area contributed by atoms with Gasteiger partial charge < -0.3 is 9.64 Å². The van der Waals surface area contributed by atoms with Crippen molar-refractivity contribution >= 4 is 23.1 Å². The number of pyridine rings is 1. The van der Waals surface area contributed by atoms with Gasteiger partial charge in [0.15, 0.2) is 0 Å². The van der Waals surface area contributed by atoms with E-state index in [0.29, 0.717) is 12.1 Å². The lowest BCUT2D eigenvalue weighted by molar-refractivity contribution is -0.137. The average molecular weight is 308 g/mol. The van der Waals surface area contributed by atoms with Crippen molar-refractivity contribution in [3.05, 3.63) is 66.0 Å². The monoisotopic (exact) mass is 308 g/mol. The van der Waals surface area contributed by atoms with Crippen molar-refractivity contribution in [1.29, 1.82) is 0 Å². The molecule has 116 valence electrons. The maximum absolute atomic E-state index is 12.7. The molecule has 0 aliphatic carbocycles. The van der Waals surface area contributed by atoms with E-state index in [0.717, 1.165) is 16.9 Å². The standard InChI is InChI=1S/C18H16N2O3/c1-2-23-17(21)11-15-14-8-3-4-9-16(14)20(18(15)22)12-13-7-5-6-10-19-13/h3-11H,2,12H2,1H3. The van der Waals surface area contributed by atoms with Gasteiger partial charge in [-0.15, -0.1) is 0 Å². The van der Waals surface area contributed by atoms with Crippen LogP contribution in [-0.4, -0.2) is 23.5 Å². The molecule has 2 aromatic rings. The summed E-state index contributed by atoms with van der Waals surface area (Å²) in [5, 5.41) is 0. The van der Waals surface area contributed by atoms with Gasteiger partial charge in [-0.1, -0.05) is 24.3 Å². The second-order valence-corrected chi connectivity index (χ2v) is 5.04. The zero-order chi connectivity index (χ0) is 16.2. The fourth-order valence-corrected chi connectivity index (χ4v) is 2.56. The van der Waals surface area contributed by atoms with Gasteiger partial charge in [-0.25, -0.2) is 4.79 Å². The van der Waals surface area contributed by atoms with Crippen LogP contribution in [0, 0.1) is 0 Å². The Labute approximate surface area is 134 Å². The number of ether oxygens (including phenoxy) is 1. The molecule has 0 unspecified atom stereocenters. The van der Waals surface area contributed by atoms with Crippen LogP contribution in [0.5, 0.6) is 0 Å². The minimum Gasteiger partial charge on any atom is -0.463 e. The molecule has 1 aromatic carbocycles. The first-order valence-electron chi connectivity index (χ1n) is 7.40. The van der Waals surface area contributed by atoms with Gasteiger partial charge in [-0.2, -0.15) is 0 Å². The van der Waals surface area contributed by atoms with Crippen molar-refractivity contribution in [3.8, 4) is 0 Å². The number of esters is 1. The van der Waals surface area contributed by atoms with Crippen LogP contribution in [0.3, 0.4) is 0 Å².